The Balaban J connectivity index is 1.97. The maximum atomic E-state index is 12.6. The largest absolute Gasteiger partial charge is 0.399 e. The average Bonchev–Trinajstić information content (AvgIpc) is 2.46. The molecule has 1 amide bonds. The molecule has 0 heterocycles. The Labute approximate surface area is 121 Å². The summed E-state index contributed by atoms with van der Waals surface area (Å²) in [7, 11) is 1.64. The molecule has 1 fully saturated rings. The summed E-state index contributed by atoms with van der Waals surface area (Å²) < 4.78 is 37.9. The number of carbonyl (C=O) groups excluding carboxylic acids is 1. The van der Waals surface area contributed by atoms with E-state index in [-0.39, 0.29) is 24.7 Å². The molecule has 0 bridgehead atoms. The van der Waals surface area contributed by atoms with Gasteiger partial charge < -0.3 is 10.6 Å². The van der Waals surface area contributed by atoms with Gasteiger partial charge in [0.25, 0.3) is 0 Å². The molecule has 0 aliphatic heterocycles. The zero-order valence-corrected chi connectivity index (χ0v) is 11.9. The third kappa shape index (κ3) is 3.68. The van der Waals surface area contributed by atoms with E-state index in [0.29, 0.717) is 24.2 Å². The molecule has 0 unspecified atom stereocenters. The molecule has 0 saturated heterocycles. The first kappa shape index (κ1) is 15.7. The molecule has 1 aromatic rings. The first-order chi connectivity index (χ1) is 9.79. The maximum absolute atomic E-state index is 12.6. The Kier molecular flexibility index (Phi) is 4.44. The van der Waals surface area contributed by atoms with E-state index >= 15 is 0 Å². The second-order valence-corrected chi connectivity index (χ2v) is 5.58. The molecule has 2 rings (SSSR count). The number of carbonyl (C=O) groups is 1. The summed E-state index contributed by atoms with van der Waals surface area (Å²) in [6.45, 7) is 0. The molecule has 6 heteroatoms. The van der Waals surface area contributed by atoms with Gasteiger partial charge in [0, 0.05) is 24.3 Å². The van der Waals surface area contributed by atoms with Crippen molar-refractivity contribution in [2.24, 2.45) is 11.8 Å². The fourth-order valence-corrected chi connectivity index (χ4v) is 2.77. The van der Waals surface area contributed by atoms with Crippen LogP contribution in [0.3, 0.4) is 0 Å². The quantitative estimate of drug-likeness (QED) is 0.848. The van der Waals surface area contributed by atoms with Crippen LogP contribution < -0.4 is 10.6 Å². The van der Waals surface area contributed by atoms with Gasteiger partial charge in [-0.3, -0.25) is 4.79 Å². The molecule has 0 spiro atoms. The van der Waals surface area contributed by atoms with Crippen LogP contribution in [0.5, 0.6) is 0 Å². The summed E-state index contributed by atoms with van der Waals surface area (Å²) in [6, 6.07) is 6.85. The Morgan fingerprint density at radius 1 is 1.14 bits per heavy atom. The van der Waals surface area contributed by atoms with Crippen molar-refractivity contribution in [3.05, 3.63) is 24.3 Å². The lowest BCUT2D eigenvalue weighted by Crippen LogP contribution is -2.37. The van der Waals surface area contributed by atoms with E-state index in [0.717, 1.165) is 0 Å². The van der Waals surface area contributed by atoms with E-state index < -0.39 is 12.1 Å². The van der Waals surface area contributed by atoms with Crippen LogP contribution in [0, 0.1) is 11.8 Å². The number of anilines is 2. The summed E-state index contributed by atoms with van der Waals surface area (Å²) in [6.07, 6.45) is -3.48. The number of rotatable bonds is 2. The van der Waals surface area contributed by atoms with Crippen molar-refractivity contribution in [3.8, 4) is 0 Å². The Morgan fingerprint density at radius 3 is 2.14 bits per heavy atom. The minimum Gasteiger partial charge on any atom is -0.399 e. The molecular formula is C15H19F3N2O. The van der Waals surface area contributed by atoms with E-state index in [4.69, 9.17) is 5.73 Å². The van der Waals surface area contributed by atoms with Crippen molar-refractivity contribution in [1.29, 1.82) is 0 Å². The Bertz CT molecular complexity index is 491. The summed E-state index contributed by atoms with van der Waals surface area (Å²) in [4.78, 5) is 13.9. The van der Waals surface area contributed by atoms with Crippen molar-refractivity contribution in [3.63, 3.8) is 0 Å². The van der Waals surface area contributed by atoms with Crippen LogP contribution in [0.2, 0.25) is 0 Å². The third-order valence-electron chi connectivity index (χ3n) is 4.15. The highest BCUT2D eigenvalue weighted by molar-refractivity contribution is 5.94. The number of nitrogen functional groups attached to an aromatic ring is 1. The number of nitrogens with two attached hydrogens (primary N) is 1. The van der Waals surface area contributed by atoms with Crippen LogP contribution in [0.1, 0.15) is 25.7 Å². The van der Waals surface area contributed by atoms with Crippen molar-refractivity contribution in [2.45, 2.75) is 31.9 Å². The lowest BCUT2D eigenvalue weighted by Gasteiger charge is -2.31. The standard InChI is InChI=1S/C15H19F3N2O/c1-20(13-8-6-12(19)7-9-13)14(21)10-2-4-11(5-3-10)15(16,17)18/h6-11H,2-5,19H2,1H3. The molecule has 21 heavy (non-hydrogen) atoms. The zero-order valence-electron chi connectivity index (χ0n) is 11.9. The van der Waals surface area contributed by atoms with Gasteiger partial charge in [0.15, 0.2) is 0 Å². The molecule has 1 aliphatic carbocycles. The van der Waals surface area contributed by atoms with Crippen LogP contribution in [0.15, 0.2) is 24.3 Å². The average molecular weight is 300 g/mol. The van der Waals surface area contributed by atoms with Gasteiger partial charge in [-0.1, -0.05) is 0 Å². The molecule has 0 aromatic heterocycles. The summed E-state index contributed by atoms with van der Waals surface area (Å²) in [5.74, 6) is -1.71. The molecule has 0 atom stereocenters. The van der Waals surface area contributed by atoms with Crippen molar-refractivity contribution in [2.75, 3.05) is 17.7 Å². The van der Waals surface area contributed by atoms with Gasteiger partial charge in [-0.15, -0.1) is 0 Å². The number of hydrogen-bond acceptors (Lipinski definition) is 2. The molecule has 0 radical (unpaired) electrons. The van der Waals surface area contributed by atoms with E-state index in [9.17, 15) is 18.0 Å². The molecular weight excluding hydrogens is 281 g/mol. The molecule has 1 aliphatic rings. The third-order valence-corrected chi connectivity index (χ3v) is 4.15. The number of alkyl halides is 3. The van der Waals surface area contributed by atoms with Gasteiger partial charge in [-0.05, 0) is 49.9 Å². The van der Waals surface area contributed by atoms with Gasteiger partial charge >= 0.3 is 6.18 Å². The summed E-state index contributed by atoms with van der Waals surface area (Å²) >= 11 is 0. The second kappa shape index (κ2) is 5.95. The van der Waals surface area contributed by atoms with Gasteiger partial charge in [-0.2, -0.15) is 13.2 Å². The highest BCUT2D eigenvalue weighted by atomic mass is 19.4. The minimum atomic E-state index is -4.14. The number of amides is 1. The van der Waals surface area contributed by atoms with Crippen LogP contribution in [0.4, 0.5) is 24.5 Å². The Hall–Kier alpha value is -1.72. The molecule has 116 valence electrons. The maximum Gasteiger partial charge on any atom is 0.391 e. The fraction of sp³-hybridized carbons (Fsp3) is 0.533. The lowest BCUT2D eigenvalue weighted by molar-refractivity contribution is -0.184. The predicted octanol–water partition coefficient (Wildman–Crippen LogP) is 3.60. The van der Waals surface area contributed by atoms with E-state index in [2.05, 4.69) is 0 Å². The highest BCUT2D eigenvalue weighted by Crippen LogP contribution is 2.40. The summed E-state index contributed by atoms with van der Waals surface area (Å²) in [5, 5.41) is 0. The van der Waals surface area contributed by atoms with Crippen molar-refractivity contribution in [1.82, 2.24) is 0 Å². The monoisotopic (exact) mass is 300 g/mol. The van der Waals surface area contributed by atoms with E-state index in [1.807, 2.05) is 0 Å². The molecule has 3 nitrogen and oxygen atoms in total. The lowest BCUT2D eigenvalue weighted by atomic mass is 9.81. The number of benzene rings is 1. The van der Waals surface area contributed by atoms with E-state index in [1.54, 1.807) is 31.3 Å². The Morgan fingerprint density at radius 2 is 1.67 bits per heavy atom. The topological polar surface area (TPSA) is 46.3 Å². The van der Waals surface area contributed by atoms with Gasteiger partial charge in [0.2, 0.25) is 5.91 Å². The smallest absolute Gasteiger partial charge is 0.391 e. The van der Waals surface area contributed by atoms with Crippen LogP contribution in [0.25, 0.3) is 0 Å². The van der Waals surface area contributed by atoms with Gasteiger partial charge in [0.05, 0.1) is 5.92 Å². The van der Waals surface area contributed by atoms with E-state index in [1.165, 1.54) is 4.90 Å². The van der Waals surface area contributed by atoms with Gasteiger partial charge in [-0.25, -0.2) is 0 Å². The van der Waals surface area contributed by atoms with Crippen LogP contribution in [-0.2, 0) is 4.79 Å². The molecule has 1 aromatic carbocycles. The van der Waals surface area contributed by atoms with Crippen molar-refractivity contribution < 1.29 is 18.0 Å². The normalized spacial score (nSPS) is 22.9. The predicted molar refractivity (Wildman–Crippen MR) is 75.8 cm³/mol. The first-order valence-electron chi connectivity index (χ1n) is 6.99. The summed E-state index contributed by atoms with van der Waals surface area (Å²) in [5.41, 5.74) is 6.89. The number of nitrogens with zero attached hydrogens (tertiary/aromatic N) is 1. The molecule has 1 saturated carbocycles. The second-order valence-electron chi connectivity index (χ2n) is 5.58. The van der Waals surface area contributed by atoms with Crippen LogP contribution >= 0.6 is 0 Å². The van der Waals surface area contributed by atoms with Gasteiger partial charge in [0.1, 0.15) is 0 Å². The first-order valence-corrected chi connectivity index (χ1v) is 6.99. The SMILES string of the molecule is CN(C(=O)C1CCC(C(F)(F)F)CC1)c1ccc(N)cc1. The minimum absolute atomic E-state index is 0.0372. The zero-order chi connectivity index (χ0) is 15.6. The number of halogens is 3. The van der Waals surface area contributed by atoms with Crippen molar-refractivity contribution >= 4 is 17.3 Å². The highest BCUT2D eigenvalue weighted by Gasteiger charge is 2.42. The fourth-order valence-electron chi connectivity index (χ4n) is 2.77. The molecule has 2 N–H and O–H groups in total. The number of hydrogen-bond donors (Lipinski definition) is 1. The van der Waals surface area contributed by atoms with Crippen LogP contribution in [-0.4, -0.2) is 19.1 Å².